The van der Waals surface area contributed by atoms with Gasteiger partial charge in [0.25, 0.3) is 0 Å². The van der Waals surface area contributed by atoms with Gasteiger partial charge in [-0.25, -0.2) is 0 Å². The number of benzene rings is 1. The predicted molar refractivity (Wildman–Crippen MR) is 114 cm³/mol. The van der Waals surface area contributed by atoms with Gasteiger partial charge in [-0.3, -0.25) is 4.79 Å². The molecule has 4 nitrogen and oxygen atoms in total. The standard InChI is InChI=1S/C21H19ClN2O2S/c1-4-14(10-13(2)3)17-8-9-18(21(25)23-26)24(17)11-15-12-27-19-7-5-6-16(22)20(15)19/h4-10,12H,11H2,1-3H3/b14-4+. The van der Waals surface area contributed by atoms with Gasteiger partial charge >= 0.3 is 5.91 Å². The van der Waals surface area contributed by atoms with E-state index in [1.807, 2.05) is 67.1 Å². The minimum absolute atomic E-state index is 0.271. The highest BCUT2D eigenvalue weighted by Gasteiger charge is 2.19. The third-order valence-corrected chi connectivity index (χ3v) is 5.60. The lowest BCUT2D eigenvalue weighted by atomic mass is 10.1. The van der Waals surface area contributed by atoms with Crippen molar-refractivity contribution >= 4 is 44.5 Å². The molecule has 0 saturated heterocycles. The molecule has 0 aliphatic rings. The van der Waals surface area contributed by atoms with Crippen molar-refractivity contribution in [3.63, 3.8) is 0 Å². The molecule has 0 saturated carbocycles. The number of allylic oxidation sites excluding steroid dienone is 4. The topological polar surface area (TPSA) is 51.4 Å². The SMILES string of the molecule is C/C=C(\C=C(C)C)c1ccc(C(=O)N=O)n1Cc1csc2cccc(Cl)c12. The third-order valence-electron chi connectivity index (χ3n) is 4.29. The fraction of sp³-hybridized carbons (Fsp3) is 0.190. The first-order valence-corrected chi connectivity index (χ1v) is 9.75. The Labute approximate surface area is 166 Å². The molecule has 1 aromatic carbocycles. The van der Waals surface area contributed by atoms with E-state index in [1.54, 1.807) is 17.4 Å². The first kappa shape index (κ1) is 19.3. The molecule has 3 aromatic rings. The van der Waals surface area contributed by atoms with Crippen molar-refractivity contribution in [3.05, 3.63) is 80.3 Å². The van der Waals surface area contributed by atoms with E-state index in [2.05, 4.69) is 5.18 Å². The van der Waals surface area contributed by atoms with Crippen molar-refractivity contribution in [2.75, 3.05) is 0 Å². The van der Waals surface area contributed by atoms with E-state index in [0.717, 1.165) is 32.5 Å². The number of amides is 1. The molecule has 0 unspecified atom stereocenters. The molecular formula is C21H19ClN2O2S. The number of fused-ring (bicyclic) bond motifs is 1. The Bertz CT molecular complexity index is 1080. The minimum Gasteiger partial charge on any atom is -0.332 e. The molecule has 0 radical (unpaired) electrons. The molecule has 2 aromatic heterocycles. The van der Waals surface area contributed by atoms with E-state index in [-0.39, 0.29) is 5.69 Å². The van der Waals surface area contributed by atoms with Crippen LogP contribution in [0.5, 0.6) is 0 Å². The van der Waals surface area contributed by atoms with E-state index in [1.165, 1.54) is 0 Å². The molecule has 0 N–H and O–H groups in total. The van der Waals surface area contributed by atoms with Gasteiger partial charge < -0.3 is 4.57 Å². The highest BCUT2D eigenvalue weighted by atomic mass is 35.5. The summed E-state index contributed by atoms with van der Waals surface area (Å²) in [6.45, 7) is 6.41. The zero-order valence-corrected chi connectivity index (χ0v) is 16.9. The van der Waals surface area contributed by atoms with E-state index in [9.17, 15) is 9.70 Å². The Kier molecular flexibility index (Phi) is 5.73. The van der Waals surface area contributed by atoms with Gasteiger partial charge in [-0.1, -0.05) is 35.4 Å². The van der Waals surface area contributed by atoms with Gasteiger partial charge in [-0.15, -0.1) is 16.2 Å². The van der Waals surface area contributed by atoms with Gasteiger partial charge in [0.05, 0.1) is 0 Å². The molecule has 0 atom stereocenters. The molecule has 0 aliphatic heterocycles. The maximum atomic E-state index is 12.1. The number of rotatable bonds is 5. The van der Waals surface area contributed by atoms with Gasteiger partial charge in [-0.05, 0) is 61.6 Å². The van der Waals surface area contributed by atoms with Gasteiger partial charge in [0, 0.05) is 32.5 Å². The van der Waals surface area contributed by atoms with E-state index in [4.69, 9.17) is 11.6 Å². The number of nitrogens with zero attached hydrogens (tertiary/aromatic N) is 2. The van der Waals surface area contributed by atoms with Crippen LogP contribution in [0, 0.1) is 4.91 Å². The summed E-state index contributed by atoms with van der Waals surface area (Å²) >= 11 is 8.02. The number of halogens is 1. The summed E-state index contributed by atoms with van der Waals surface area (Å²) in [5.41, 5.74) is 4.25. The van der Waals surface area contributed by atoms with E-state index in [0.29, 0.717) is 11.6 Å². The molecule has 6 heteroatoms. The Hall–Kier alpha value is -2.50. The van der Waals surface area contributed by atoms with Crippen molar-refractivity contribution in [2.45, 2.75) is 27.3 Å². The summed E-state index contributed by atoms with van der Waals surface area (Å²) in [5.74, 6) is -0.778. The quantitative estimate of drug-likeness (QED) is 0.355. The van der Waals surface area contributed by atoms with Crippen molar-refractivity contribution in [1.82, 2.24) is 4.57 Å². The Morgan fingerprint density at radius 3 is 2.63 bits per heavy atom. The number of nitroso groups, excluding NO2 is 1. The monoisotopic (exact) mass is 398 g/mol. The van der Waals surface area contributed by atoms with Crippen LogP contribution in [0.3, 0.4) is 0 Å². The van der Waals surface area contributed by atoms with Crippen molar-refractivity contribution in [1.29, 1.82) is 0 Å². The Morgan fingerprint density at radius 1 is 1.22 bits per heavy atom. The summed E-state index contributed by atoms with van der Waals surface area (Å²) in [4.78, 5) is 23.0. The van der Waals surface area contributed by atoms with Crippen LogP contribution in [-0.4, -0.2) is 10.5 Å². The van der Waals surface area contributed by atoms with Gasteiger partial charge in [0.15, 0.2) is 0 Å². The number of hydrogen-bond acceptors (Lipinski definition) is 3. The average Bonchev–Trinajstić information content (AvgIpc) is 3.24. The minimum atomic E-state index is -0.778. The van der Waals surface area contributed by atoms with E-state index < -0.39 is 5.91 Å². The lowest BCUT2D eigenvalue weighted by Crippen LogP contribution is -2.11. The molecule has 0 fully saturated rings. The fourth-order valence-electron chi connectivity index (χ4n) is 3.13. The molecule has 138 valence electrons. The van der Waals surface area contributed by atoms with E-state index >= 15 is 0 Å². The molecule has 27 heavy (non-hydrogen) atoms. The number of hydrogen-bond donors (Lipinski definition) is 0. The lowest BCUT2D eigenvalue weighted by molar-refractivity contribution is 0.0992. The van der Waals surface area contributed by atoms with Crippen LogP contribution >= 0.6 is 22.9 Å². The van der Waals surface area contributed by atoms with Crippen LogP contribution in [0.25, 0.3) is 15.7 Å². The van der Waals surface area contributed by atoms with Crippen LogP contribution in [0.15, 0.2) is 58.6 Å². The second-order valence-electron chi connectivity index (χ2n) is 6.43. The molecule has 1 amide bonds. The maximum Gasteiger partial charge on any atom is 0.333 e. The molecule has 3 rings (SSSR count). The number of carbonyl (C=O) groups excluding carboxylic acids is 1. The average molecular weight is 399 g/mol. The summed E-state index contributed by atoms with van der Waals surface area (Å²) in [5, 5.41) is 6.31. The zero-order valence-electron chi connectivity index (χ0n) is 15.3. The summed E-state index contributed by atoms with van der Waals surface area (Å²) < 4.78 is 2.92. The molecule has 0 aliphatic carbocycles. The van der Waals surface area contributed by atoms with Crippen molar-refractivity contribution in [2.24, 2.45) is 5.18 Å². The lowest BCUT2D eigenvalue weighted by Gasteiger charge is -2.13. The molecule has 0 spiro atoms. The Morgan fingerprint density at radius 2 is 1.96 bits per heavy atom. The largest absolute Gasteiger partial charge is 0.333 e. The molecular weight excluding hydrogens is 380 g/mol. The van der Waals surface area contributed by atoms with Gasteiger partial charge in [0.2, 0.25) is 0 Å². The number of aromatic nitrogens is 1. The van der Waals surface area contributed by atoms with Crippen LogP contribution in [0.1, 0.15) is 42.5 Å². The van der Waals surface area contributed by atoms with Gasteiger partial charge in [0.1, 0.15) is 5.69 Å². The van der Waals surface area contributed by atoms with Crippen LogP contribution in [-0.2, 0) is 6.54 Å². The summed E-state index contributed by atoms with van der Waals surface area (Å²) in [6.07, 6.45) is 4.03. The maximum absolute atomic E-state index is 12.1. The predicted octanol–water partition coefficient (Wildman–Crippen LogP) is 6.68. The highest BCUT2D eigenvalue weighted by molar-refractivity contribution is 7.17. The number of carbonyl (C=O) groups is 1. The summed E-state index contributed by atoms with van der Waals surface area (Å²) in [6, 6.07) is 9.30. The van der Waals surface area contributed by atoms with Crippen LogP contribution < -0.4 is 0 Å². The second-order valence-corrected chi connectivity index (χ2v) is 7.74. The van der Waals surface area contributed by atoms with Gasteiger partial charge in [-0.2, -0.15) is 0 Å². The first-order chi connectivity index (χ1) is 13.0. The first-order valence-electron chi connectivity index (χ1n) is 8.49. The second kappa shape index (κ2) is 8.03. The smallest absolute Gasteiger partial charge is 0.332 e. The Balaban J connectivity index is 2.17. The van der Waals surface area contributed by atoms with Crippen molar-refractivity contribution in [3.8, 4) is 0 Å². The molecule has 2 heterocycles. The van der Waals surface area contributed by atoms with Crippen molar-refractivity contribution < 1.29 is 4.79 Å². The number of thiophene rings is 1. The highest BCUT2D eigenvalue weighted by Crippen LogP contribution is 2.33. The third kappa shape index (κ3) is 3.80. The van der Waals surface area contributed by atoms with Crippen LogP contribution in [0.2, 0.25) is 5.02 Å². The zero-order chi connectivity index (χ0) is 19.6. The normalized spacial score (nSPS) is 11.6. The molecule has 0 bridgehead atoms. The van der Waals surface area contributed by atoms with Crippen LogP contribution in [0.4, 0.5) is 0 Å². The fourth-order valence-corrected chi connectivity index (χ4v) is 4.46. The summed E-state index contributed by atoms with van der Waals surface area (Å²) in [7, 11) is 0.